The molecular weight excluding hydrogens is 1290 g/mol. The standard InChI is InChI=1S/C81H157N2O16P/c1-7-13-19-25-31-37-40-46-52-58-69(93-61-55-49-43-34-28-22-16-10-4)64-74(85)82-72(80(88)89)68-96-81-77(83-75(86)65-70(59-53-47-41-38-32-26-20-14-8-2)94-62-56-50-44-35-29-23-17-11-5)79(78(73(67-84)97-81)99-100(90,91)92)98-76(87)66-71(60-54-48-42-39-33-27-21-15-9-3)95-63-57-51-45-36-30-24-18-12-6/h69-73,77-79,81,84H,7-68H2,1-6H3,(H,82,85)(H,83,86)(H,88,89)(H2,90,91,92)/t69-,70-,71-,72+,73?,77?,78?,79?,81?/m1/s1. The molecule has 1 heterocycles. The predicted molar refractivity (Wildman–Crippen MR) is 406 cm³/mol. The summed E-state index contributed by atoms with van der Waals surface area (Å²) in [7, 11) is -5.44. The van der Waals surface area contributed by atoms with Crippen LogP contribution in [0.4, 0.5) is 0 Å². The molecule has 2 amide bonds. The summed E-state index contributed by atoms with van der Waals surface area (Å²) in [5, 5.41) is 27.3. The minimum Gasteiger partial charge on any atom is -0.480 e. The molecule has 19 heteroatoms. The first-order valence-electron chi connectivity index (χ1n) is 42.1. The number of nitrogens with one attached hydrogen (secondary N) is 2. The fourth-order valence-electron chi connectivity index (χ4n) is 13.7. The number of carboxylic acid groups (broad SMARTS) is 1. The van der Waals surface area contributed by atoms with Crippen molar-refractivity contribution >= 4 is 31.6 Å². The van der Waals surface area contributed by atoms with Crippen LogP contribution in [0.3, 0.4) is 0 Å². The van der Waals surface area contributed by atoms with E-state index in [1.54, 1.807) is 0 Å². The van der Waals surface area contributed by atoms with Crippen molar-refractivity contribution in [3.05, 3.63) is 0 Å². The number of aliphatic hydroxyl groups is 1. The molecule has 5 unspecified atom stereocenters. The molecule has 0 aliphatic carbocycles. The summed E-state index contributed by atoms with van der Waals surface area (Å²) in [6.45, 7) is 13.0. The van der Waals surface area contributed by atoms with E-state index in [0.717, 1.165) is 148 Å². The maximum Gasteiger partial charge on any atom is 0.470 e. The van der Waals surface area contributed by atoms with E-state index in [2.05, 4.69) is 52.2 Å². The normalized spacial score (nSPS) is 17.7. The number of phosphoric ester groups is 1. The van der Waals surface area contributed by atoms with Crippen LogP contribution in [-0.2, 0) is 56.7 Å². The second-order valence-electron chi connectivity index (χ2n) is 29.5. The van der Waals surface area contributed by atoms with Crippen LogP contribution in [0.15, 0.2) is 0 Å². The van der Waals surface area contributed by atoms with Gasteiger partial charge in [0, 0.05) is 19.8 Å². The number of phosphoric acid groups is 1. The predicted octanol–water partition coefficient (Wildman–Crippen LogP) is 20.7. The smallest absolute Gasteiger partial charge is 0.470 e. The van der Waals surface area contributed by atoms with E-state index < -0.39 is 99.8 Å². The number of ether oxygens (including phenoxy) is 6. The fraction of sp³-hybridized carbons (Fsp3) is 0.951. The molecule has 1 aliphatic rings. The molecule has 1 fully saturated rings. The zero-order valence-electron chi connectivity index (χ0n) is 65.2. The van der Waals surface area contributed by atoms with E-state index >= 15 is 0 Å². The molecule has 0 aromatic carbocycles. The molecular formula is C81H157N2O16P. The highest BCUT2D eigenvalue weighted by atomic mass is 31.2. The second kappa shape index (κ2) is 68.6. The van der Waals surface area contributed by atoms with Crippen LogP contribution >= 0.6 is 7.82 Å². The van der Waals surface area contributed by atoms with Crippen molar-refractivity contribution in [3.8, 4) is 0 Å². The zero-order chi connectivity index (χ0) is 73.2. The van der Waals surface area contributed by atoms with Gasteiger partial charge in [-0.05, 0) is 38.5 Å². The summed E-state index contributed by atoms with van der Waals surface area (Å²) in [5.41, 5.74) is 0. The summed E-state index contributed by atoms with van der Waals surface area (Å²) < 4.78 is 56.7. The molecule has 0 aromatic heterocycles. The molecule has 0 radical (unpaired) electrons. The van der Waals surface area contributed by atoms with Gasteiger partial charge in [0.15, 0.2) is 18.4 Å². The van der Waals surface area contributed by atoms with Crippen LogP contribution in [0.2, 0.25) is 0 Å². The second-order valence-corrected chi connectivity index (χ2v) is 30.7. The van der Waals surface area contributed by atoms with Gasteiger partial charge in [-0.25, -0.2) is 9.36 Å². The van der Waals surface area contributed by atoms with E-state index in [0.29, 0.717) is 39.1 Å². The third kappa shape index (κ3) is 56.1. The number of rotatable bonds is 76. The van der Waals surface area contributed by atoms with E-state index in [-0.39, 0.29) is 19.3 Å². The fourth-order valence-corrected chi connectivity index (χ4v) is 14.2. The van der Waals surface area contributed by atoms with Gasteiger partial charge in [0.1, 0.15) is 18.2 Å². The number of aliphatic hydroxyl groups excluding tert-OH is 1. The van der Waals surface area contributed by atoms with Gasteiger partial charge in [-0.1, -0.05) is 350 Å². The average Bonchev–Trinajstić information content (AvgIpc) is 0.781. The Morgan fingerprint density at radius 1 is 0.410 bits per heavy atom. The van der Waals surface area contributed by atoms with E-state index in [1.807, 2.05) is 0 Å². The molecule has 18 nitrogen and oxygen atoms in total. The van der Waals surface area contributed by atoms with E-state index in [9.17, 15) is 43.7 Å². The van der Waals surface area contributed by atoms with Crippen LogP contribution in [0.1, 0.15) is 408 Å². The van der Waals surface area contributed by atoms with Gasteiger partial charge in [0.25, 0.3) is 0 Å². The van der Waals surface area contributed by atoms with Crippen molar-refractivity contribution in [1.29, 1.82) is 0 Å². The van der Waals surface area contributed by atoms with Gasteiger partial charge in [0.2, 0.25) is 11.8 Å². The molecule has 0 aromatic rings. The minimum atomic E-state index is -5.44. The first-order chi connectivity index (χ1) is 48.7. The van der Waals surface area contributed by atoms with E-state index in [4.69, 9.17) is 32.9 Å². The summed E-state index contributed by atoms with van der Waals surface area (Å²) >= 11 is 0. The molecule has 100 heavy (non-hydrogen) atoms. The van der Waals surface area contributed by atoms with Crippen LogP contribution in [0, 0.1) is 0 Å². The lowest BCUT2D eigenvalue weighted by molar-refractivity contribution is -0.272. The van der Waals surface area contributed by atoms with Crippen LogP contribution in [0.25, 0.3) is 0 Å². The molecule has 1 aliphatic heterocycles. The molecule has 1 rings (SSSR count). The molecule has 6 N–H and O–H groups in total. The van der Waals surface area contributed by atoms with Crippen LogP contribution < -0.4 is 10.6 Å². The topological polar surface area (TPSA) is 255 Å². The van der Waals surface area contributed by atoms with Crippen molar-refractivity contribution in [2.24, 2.45) is 0 Å². The summed E-state index contributed by atoms with van der Waals surface area (Å²) in [4.78, 5) is 77.7. The molecule has 1 saturated heterocycles. The minimum absolute atomic E-state index is 0.0767. The zero-order valence-corrected chi connectivity index (χ0v) is 66.1. The van der Waals surface area contributed by atoms with Crippen LogP contribution in [0.5, 0.6) is 0 Å². The third-order valence-corrected chi connectivity index (χ3v) is 20.4. The molecule has 0 saturated carbocycles. The highest BCUT2D eigenvalue weighted by Gasteiger charge is 2.52. The third-order valence-electron chi connectivity index (χ3n) is 19.9. The van der Waals surface area contributed by atoms with Gasteiger partial charge >= 0.3 is 19.8 Å². The largest absolute Gasteiger partial charge is 0.480 e. The molecule has 0 bridgehead atoms. The monoisotopic (exact) mass is 1450 g/mol. The SMILES string of the molecule is CCCCCCCCCCC[C@H](CC(=O)NC1C(OC[C@H](NC(=O)C[C@@H](CCCCCCCCCCC)OCCCCCCCCCC)C(=O)O)OC(CO)C(OP(=O)(O)O)C1OC(=O)C[C@@H](CCCCCCCCCCC)OCCCCCCCCCC)OCCCCCCCCCC. The Balaban J connectivity index is 3.73. The van der Waals surface area contributed by atoms with Gasteiger partial charge < -0.3 is 59.1 Å². The number of hydrogen-bond donors (Lipinski definition) is 6. The van der Waals surface area contributed by atoms with Crippen molar-refractivity contribution in [2.75, 3.05) is 33.0 Å². The lowest BCUT2D eigenvalue weighted by atomic mass is 9.95. The number of hydrogen-bond acceptors (Lipinski definition) is 13. The summed E-state index contributed by atoms with van der Waals surface area (Å²) in [5.74, 6) is -3.33. The van der Waals surface area contributed by atoms with E-state index in [1.165, 1.54) is 180 Å². The number of carboxylic acids is 1. The van der Waals surface area contributed by atoms with Crippen molar-refractivity contribution < 1.29 is 76.7 Å². The van der Waals surface area contributed by atoms with Gasteiger partial charge in [-0.2, -0.15) is 0 Å². The van der Waals surface area contributed by atoms with Crippen molar-refractivity contribution in [2.45, 2.75) is 463 Å². The number of unbranched alkanes of at least 4 members (excludes halogenated alkanes) is 45. The first-order valence-corrected chi connectivity index (χ1v) is 43.7. The highest BCUT2D eigenvalue weighted by Crippen LogP contribution is 2.42. The quantitative estimate of drug-likeness (QED) is 0.0188. The Bertz CT molecular complexity index is 1850. The average molecular weight is 1450 g/mol. The van der Waals surface area contributed by atoms with Crippen LogP contribution in [-0.4, -0.2) is 132 Å². The Hall–Kier alpha value is -2.25. The van der Waals surface area contributed by atoms with Crippen molar-refractivity contribution in [3.63, 3.8) is 0 Å². The lowest BCUT2D eigenvalue weighted by Crippen LogP contribution is -2.66. The van der Waals surface area contributed by atoms with Crippen molar-refractivity contribution in [1.82, 2.24) is 10.6 Å². The molecule has 592 valence electrons. The molecule has 9 atom stereocenters. The van der Waals surface area contributed by atoms with Gasteiger partial charge in [-0.15, -0.1) is 0 Å². The lowest BCUT2D eigenvalue weighted by Gasteiger charge is -2.45. The summed E-state index contributed by atoms with van der Waals surface area (Å²) in [6, 6.07) is -3.22. The highest BCUT2D eigenvalue weighted by molar-refractivity contribution is 7.46. The van der Waals surface area contributed by atoms with Gasteiger partial charge in [-0.3, -0.25) is 18.9 Å². The number of carbonyl (C=O) groups excluding carboxylic acids is 3. The Morgan fingerprint density at radius 3 is 1.02 bits per heavy atom. The maximum atomic E-state index is 14.8. The number of amides is 2. The Morgan fingerprint density at radius 2 is 0.710 bits per heavy atom. The number of carbonyl (C=O) groups is 4. The Labute approximate surface area is 611 Å². The van der Waals surface area contributed by atoms with Gasteiger partial charge in [0.05, 0.1) is 50.8 Å². The Kier molecular flexibility index (Phi) is 65.6. The molecule has 0 spiro atoms. The number of esters is 1. The first kappa shape index (κ1) is 95.8. The number of aliphatic carboxylic acids is 1. The summed E-state index contributed by atoms with van der Waals surface area (Å²) in [6.07, 6.45) is 50.2. The maximum absolute atomic E-state index is 14.8.